The van der Waals surface area contributed by atoms with E-state index in [1.54, 1.807) is 0 Å². The van der Waals surface area contributed by atoms with Gasteiger partial charge in [0.25, 0.3) is 0 Å². The molecular weight excluding hydrogens is 204 g/mol. The Bertz CT molecular complexity index is 238. The van der Waals surface area contributed by atoms with Crippen LogP contribution in [0.25, 0.3) is 0 Å². The highest BCUT2D eigenvalue weighted by molar-refractivity contribution is 9.10. The minimum Gasteiger partial charge on any atom is -0.353 e. The van der Waals surface area contributed by atoms with Crippen molar-refractivity contribution in [1.29, 1.82) is 0 Å². The third-order valence-corrected chi connectivity index (χ3v) is 2.64. The Morgan fingerprint density at radius 1 is 1.45 bits per heavy atom. The first-order chi connectivity index (χ1) is 5.36. The van der Waals surface area contributed by atoms with E-state index >= 15 is 0 Å². The zero-order valence-electron chi connectivity index (χ0n) is 6.23. The number of halogens is 1. The van der Waals surface area contributed by atoms with Gasteiger partial charge in [0.05, 0.1) is 4.60 Å². The molecule has 1 fully saturated rings. The number of hydrogen-bond acceptors (Lipinski definition) is 1. The van der Waals surface area contributed by atoms with Crippen molar-refractivity contribution in [1.82, 2.24) is 10.3 Å². The molecule has 2 heterocycles. The van der Waals surface area contributed by atoms with Crippen LogP contribution in [0, 0.1) is 0 Å². The largest absolute Gasteiger partial charge is 0.353 e. The number of rotatable bonds is 1. The lowest BCUT2D eigenvalue weighted by molar-refractivity contribution is 0.740. The van der Waals surface area contributed by atoms with Crippen LogP contribution in [0.15, 0.2) is 16.7 Å². The summed E-state index contributed by atoms with van der Waals surface area (Å²) in [6, 6.07) is 4.22. The smallest absolute Gasteiger partial charge is 0.0822 e. The summed E-state index contributed by atoms with van der Waals surface area (Å²) in [5.41, 5.74) is 1.35. The average Bonchev–Trinajstić information content (AvgIpc) is 2.55. The van der Waals surface area contributed by atoms with Crippen molar-refractivity contribution in [3.63, 3.8) is 0 Å². The van der Waals surface area contributed by atoms with Gasteiger partial charge in [-0.3, -0.25) is 0 Å². The van der Waals surface area contributed by atoms with Gasteiger partial charge in [0, 0.05) is 18.2 Å². The van der Waals surface area contributed by atoms with Crippen LogP contribution in [-0.4, -0.2) is 18.1 Å². The normalized spacial score (nSPS) is 24.3. The fourth-order valence-electron chi connectivity index (χ4n) is 1.54. The molecule has 1 unspecified atom stereocenters. The Kier molecular flexibility index (Phi) is 2.00. The second kappa shape index (κ2) is 2.99. The monoisotopic (exact) mass is 214 g/mol. The van der Waals surface area contributed by atoms with Gasteiger partial charge >= 0.3 is 0 Å². The average molecular weight is 215 g/mol. The van der Waals surface area contributed by atoms with Crippen LogP contribution >= 0.6 is 15.9 Å². The molecule has 1 aliphatic heterocycles. The number of nitrogens with one attached hydrogen (secondary N) is 2. The van der Waals surface area contributed by atoms with Crippen LogP contribution < -0.4 is 5.32 Å². The highest BCUT2D eigenvalue weighted by Crippen LogP contribution is 2.22. The van der Waals surface area contributed by atoms with E-state index in [0.717, 1.165) is 17.7 Å². The molecule has 0 amide bonds. The van der Waals surface area contributed by atoms with Crippen LogP contribution in [0.3, 0.4) is 0 Å². The molecule has 1 atom stereocenters. The second-order valence-electron chi connectivity index (χ2n) is 2.95. The van der Waals surface area contributed by atoms with Gasteiger partial charge in [-0.05, 0) is 41.0 Å². The summed E-state index contributed by atoms with van der Waals surface area (Å²) in [7, 11) is 0. The summed E-state index contributed by atoms with van der Waals surface area (Å²) in [5, 5.41) is 3.34. The number of hydrogen-bond donors (Lipinski definition) is 2. The van der Waals surface area contributed by atoms with Crippen LogP contribution in [-0.2, 0) is 0 Å². The van der Waals surface area contributed by atoms with Crippen LogP contribution in [0.4, 0.5) is 0 Å². The highest BCUT2D eigenvalue weighted by atomic mass is 79.9. The summed E-state index contributed by atoms with van der Waals surface area (Å²) >= 11 is 3.40. The van der Waals surface area contributed by atoms with Gasteiger partial charge in [-0.1, -0.05) is 0 Å². The maximum Gasteiger partial charge on any atom is 0.0822 e. The molecule has 0 saturated carbocycles. The first kappa shape index (κ1) is 7.37. The van der Waals surface area contributed by atoms with E-state index < -0.39 is 0 Å². The molecule has 2 rings (SSSR count). The van der Waals surface area contributed by atoms with Crippen LogP contribution in [0.5, 0.6) is 0 Å². The lowest BCUT2D eigenvalue weighted by Gasteiger charge is -2.03. The molecule has 1 aromatic heterocycles. The first-order valence-corrected chi connectivity index (χ1v) is 4.70. The maximum atomic E-state index is 3.40. The van der Waals surface area contributed by atoms with Crippen LogP contribution in [0.1, 0.15) is 18.0 Å². The Labute approximate surface area is 74.5 Å². The third kappa shape index (κ3) is 1.49. The predicted octanol–water partition coefficient (Wildman–Crippen LogP) is 1.85. The molecule has 3 heteroatoms. The fourth-order valence-corrected chi connectivity index (χ4v) is 1.90. The standard InChI is InChI=1S/C8H11BrN2/c9-8-2-1-7(11-8)6-3-4-10-5-6/h1-2,6,10-11H,3-5H2. The topological polar surface area (TPSA) is 27.8 Å². The lowest BCUT2D eigenvalue weighted by atomic mass is 10.1. The second-order valence-corrected chi connectivity index (χ2v) is 3.81. The Morgan fingerprint density at radius 3 is 2.91 bits per heavy atom. The molecule has 1 aliphatic rings. The van der Waals surface area contributed by atoms with E-state index in [1.165, 1.54) is 12.1 Å². The van der Waals surface area contributed by atoms with Crippen molar-refractivity contribution in [3.05, 3.63) is 22.4 Å². The SMILES string of the molecule is Brc1ccc(C2CCNC2)[nH]1. The van der Waals surface area contributed by atoms with Gasteiger partial charge in [-0.15, -0.1) is 0 Å². The van der Waals surface area contributed by atoms with Gasteiger partial charge in [0.15, 0.2) is 0 Å². The van der Waals surface area contributed by atoms with Crippen LogP contribution in [0.2, 0.25) is 0 Å². The Morgan fingerprint density at radius 2 is 2.36 bits per heavy atom. The third-order valence-electron chi connectivity index (χ3n) is 2.17. The molecule has 2 nitrogen and oxygen atoms in total. The van der Waals surface area contributed by atoms with Gasteiger partial charge in [-0.2, -0.15) is 0 Å². The number of aromatic amines is 1. The summed E-state index contributed by atoms with van der Waals surface area (Å²) in [4.78, 5) is 3.29. The van der Waals surface area contributed by atoms with Crippen molar-refractivity contribution in [3.8, 4) is 0 Å². The Hall–Kier alpha value is -0.280. The molecule has 60 valence electrons. The van der Waals surface area contributed by atoms with Crippen molar-refractivity contribution in [2.45, 2.75) is 12.3 Å². The zero-order chi connectivity index (χ0) is 7.68. The molecule has 0 radical (unpaired) electrons. The summed E-state index contributed by atoms with van der Waals surface area (Å²) < 4.78 is 1.08. The summed E-state index contributed by atoms with van der Waals surface area (Å²) in [5.74, 6) is 0.696. The molecule has 1 aromatic rings. The molecule has 1 saturated heterocycles. The van der Waals surface area contributed by atoms with Gasteiger partial charge in [0.1, 0.15) is 0 Å². The predicted molar refractivity (Wildman–Crippen MR) is 48.7 cm³/mol. The minimum absolute atomic E-state index is 0.696. The fraction of sp³-hybridized carbons (Fsp3) is 0.500. The minimum atomic E-state index is 0.696. The molecule has 0 spiro atoms. The number of aromatic nitrogens is 1. The molecule has 11 heavy (non-hydrogen) atoms. The van der Waals surface area contributed by atoms with E-state index in [2.05, 4.69) is 38.4 Å². The molecule has 0 bridgehead atoms. The van der Waals surface area contributed by atoms with Crippen molar-refractivity contribution < 1.29 is 0 Å². The maximum absolute atomic E-state index is 3.40. The highest BCUT2D eigenvalue weighted by Gasteiger charge is 2.17. The molecule has 0 aliphatic carbocycles. The summed E-state index contributed by atoms with van der Waals surface area (Å²) in [6.45, 7) is 2.27. The molecule has 0 aromatic carbocycles. The van der Waals surface area contributed by atoms with Gasteiger partial charge in [-0.25, -0.2) is 0 Å². The van der Waals surface area contributed by atoms with Crippen molar-refractivity contribution in [2.75, 3.05) is 13.1 Å². The molecular formula is C8H11BrN2. The Balaban J connectivity index is 2.15. The van der Waals surface area contributed by atoms with E-state index in [4.69, 9.17) is 0 Å². The zero-order valence-corrected chi connectivity index (χ0v) is 7.82. The quantitative estimate of drug-likeness (QED) is 0.735. The lowest BCUT2D eigenvalue weighted by Crippen LogP contribution is -2.07. The van der Waals surface area contributed by atoms with E-state index in [1.807, 2.05) is 0 Å². The van der Waals surface area contributed by atoms with Gasteiger partial charge in [0.2, 0.25) is 0 Å². The van der Waals surface area contributed by atoms with Crippen molar-refractivity contribution in [2.24, 2.45) is 0 Å². The van der Waals surface area contributed by atoms with E-state index in [9.17, 15) is 0 Å². The van der Waals surface area contributed by atoms with E-state index in [0.29, 0.717) is 5.92 Å². The van der Waals surface area contributed by atoms with E-state index in [-0.39, 0.29) is 0 Å². The first-order valence-electron chi connectivity index (χ1n) is 3.91. The molecule has 2 N–H and O–H groups in total. The van der Waals surface area contributed by atoms with Gasteiger partial charge < -0.3 is 10.3 Å². The van der Waals surface area contributed by atoms with Crippen molar-refractivity contribution >= 4 is 15.9 Å². The summed E-state index contributed by atoms with van der Waals surface area (Å²) in [6.07, 6.45) is 1.26. The number of H-pyrrole nitrogens is 1.